The van der Waals surface area contributed by atoms with Gasteiger partial charge in [0.25, 0.3) is 0 Å². The Labute approximate surface area is 141 Å². The smallest absolute Gasteiger partial charge is 0.244 e. The molecule has 0 aliphatic carbocycles. The van der Waals surface area contributed by atoms with Crippen molar-refractivity contribution in [3.63, 3.8) is 0 Å². The fraction of sp³-hybridized carbons (Fsp3) is 0.600. The maximum absolute atomic E-state index is 13.1. The highest BCUT2D eigenvalue weighted by molar-refractivity contribution is 9.10. The molecule has 124 valence electrons. The molecule has 7 heteroatoms. The van der Waals surface area contributed by atoms with Gasteiger partial charge < -0.3 is 10.1 Å². The molecule has 0 bridgehead atoms. The lowest BCUT2D eigenvalue weighted by atomic mass is 10.1. The summed E-state index contributed by atoms with van der Waals surface area (Å²) in [6, 6.07) is 5.06. The predicted molar refractivity (Wildman–Crippen MR) is 90.8 cm³/mol. The number of piperidine rings is 1. The fourth-order valence-electron chi connectivity index (χ4n) is 2.76. The van der Waals surface area contributed by atoms with E-state index in [1.165, 1.54) is 0 Å². The van der Waals surface area contributed by atoms with Crippen LogP contribution in [-0.2, 0) is 10.0 Å². The van der Waals surface area contributed by atoms with Crippen LogP contribution in [0.3, 0.4) is 0 Å². The molecule has 0 aromatic heterocycles. The Hall–Kier alpha value is -0.630. The van der Waals surface area contributed by atoms with E-state index < -0.39 is 10.0 Å². The van der Waals surface area contributed by atoms with Gasteiger partial charge in [-0.1, -0.05) is 6.92 Å². The first-order chi connectivity index (χ1) is 10.5. The SMILES string of the molecule is CCCN(C1CCNCC1)S(=O)(=O)c1ccc(OC)cc1Br. The lowest BCUT2D eigenvalue weighted by molar-refractivity contribution is 0.262. The van der Waals surface area contributed by atoms with E-state index in [0.717, 1.165) is 32.4 Å². The maximum atomic E-state index is 13.1. The monoisotopic (exact) mass is 390 g/mol. The first kappa shape index (κ1) is 17.7. The highest BCUT2D eigenvalue weighted by Crippen LogP contribution is 2.31. The molecular weight excluding hydrogens is 368 g/mol. The van der Waals surface area contributed by atoms with E-state index in [9.17, 15) is 8.42 Å². The van der Waals surface area contributed by atoms with Gasteiger partial charge in [-0.15, -0.1) is 0 Å². The number of nitrogens with zero attached hydrogens (tertiary/aromatic N) is 1. The summed E-state index contributed by atoms with van der Waals surface area (Å²) in [4.78, 5) is 0.306. The third-order valence-electron chi connectivity index (χ3n) is 3.89. The highest BCUT2D eigenvalue weighted by Gasteiger charge is 2.32. The topological polar surface area (TPSA) is 58.6 Å². The van der Waals surface area contributed by atoms with E-state index in [1.807, 2.05) is 6.92 Å². The summed E-state index contributed by atoms with van der Waals surface area (Å²) in [6.07, 6.45) is 2.51. The van der Waals surface area contributed by atoms with Gasteiger partial charge in [0.1, 0.15) is 5.75 Å². The van der Waals surface area contributed by atoms with Crippen molar-refractivity contribution >= 4 is 26.0 Å². The van der Waals surface area contributed by atoms with Crippen LogP contribution in [0.25, 0.3) is 0 Å². The Morgan fingerprint density at radius 1 is 1.36 bits per heavy atom. The normalized spacial score (nSPS) is 16.9. The molecule has 1 heterocycles. The van der Waals surface area contributed by atoms with Crippen LogP contribution in [0.5, 0.6) is 5.75 Å². The molecule has 1 N–H and O–H groups in total. The number of hydrogen-bond acceptors (Lipinski definition) is 4. The van der Waals surface area contributed by atoms with Crippen LogP contribution in [0.1, 0.15) is 26.2 Å². The summed E-state index contributed by atoms with van der Waals surface area (Å²) in [5, 5.41) is 3.28. The van der Waals surface area contributed by atoms with Gasteiger partial charge in [0.05, 0.1) is 12.0 Å². The molecule has 1 aromatic rings. The van der Waals surface area contributed by atoms with Crippen molar-refractivity contribution in [2.45, 2.75) is 37.1 Å². The van der Waals surface area contributed by atoms with Crippen LogP contribution < -0.4 is 10.1 Å². The first-order valence-electron chi connectivity index (χ1n) is 7.56. The van der Waals surface area contributed by atoms with E-state index in [2.05, 4.69) is 21.2 Å². The molecule has 1 saturated heterocycles. The molecule has 0 unspecified atom stereocenters. The van der Waals surface area contributed by atoms with Crippen LogP contribution in [0.4, 0.5) is 0 Å². The Bertz CT molecular complexity index is 601. The van der Waals surface area contributed by atoms with Crippen LogP contribution in [0, 0.1) is 0 Å². The molecule has 0 radical (unpaired) electrons. The molecule has 1 aromatic carbocycles. The van der Waals surface area contributed by atoms with Gasteiger partial charge in [0, 0.05) is 17.1 Å². The molecule has 0 amide bonds. The number of rotatable bonds is 6. The summed E-state index contributed by atoms with van der Waals surface area (Å²) >= 11 is 3.37. The molecule has 1 fully saturated rings. The van der Waals surface area contributed by atoms with Crippen LogP contribution in [0.2, 0.25) is 0 Å². The number of halogens is 1. The van der Waals surface area contributed by atoms with Crippen LogP contribution >= 0.6 is 15.9 Å². The molecule has 2 rings (SSSR count). The van der Waals surface area contributed by atoms with E-state index in [1.54, 1.807) is 29.6 Å². The molecule has 5 nitrogen and oxygen atoms in total. The van der Waals surface area contributed by atoms with E-state index in [-0.39, 0.29) is 6.04 Å². The Kier molecular flexibility index (Phi) is 6.26. The number of ether oxygens (including phenoxy) is 1. The van der Waals surface area contributed by atoms with Crippen LogP contribution in [-0.4, -0.2) is 45.5 Å². The van der Waals surface area contributed by atoms with Gasteiger partial charge in [-0.2, -0.15) is 4.31 Å². The number of hydrogen-bond donors (Lipinski definition) is 1. The van der Waals surface area contributed by atoms with Gasteiger partial charge in [0.2, 0.25) is 10.0 Å². The molecule has 0 saturated carbocycles. The van der Waals surface area contributed by atoms with Crippen molar-refractivity contribution in [2.75, 3.05) is 26.7 Å². The molecular formula is C15H23BrN2O3S. The van der Waals surface area contributed by atoms with E-state index >= 15 is 0 Å². The third-order valence-corrected chi connectivity index (χ3v) is 6.81. The standard InChI is InChI=1S/C15H23BrN2O3S/c1-3-10-18(12-6-8-17-9-7-12)22(19,20)15-5-4-13(21-2)11-14(15)16/h4-5,11-12,17H,3,6-10H2,1-2H3. The second-order valence-electron chi connectivity index (χ2n) is 5.39. The summed E-state index contributed by atoms with van der Waals surface area (Å²) < 4.78 is 33.5. The number of nitrogens with one attached hydrogen (secondary N) is 1. The summed E-state index contributed by atoms with van der Waals surface area (Å²) in [5.41, 5.74) is 0. The second kappa shape index (κ2) is 7.77. The average Bonchev–Trinajstić information content (AvgIpc) is 2.52. The second-order valence-corrected chi connectivity index (χ2v) is 8.11. The van der Waals surface area contributed by atoms with Gasteiger partial charge in [-0.05, 0) is 66.5 Å². The lowest BCUT2D eigenvalue weighted by Gasteiger charge is -2.33. The Morgan fingerprint density at radius 2 is 2.05 bits per heavy atom. The van der Waals surface area contributed by atoms with Crippen LogP contribution in [0.15, 0.2) is 27.6 Å². The van der Waals surface area contributed by atoms with E-state index in [0.29, 0.717) is 21.7 Å². The van der Waals surface area contributed by atoms with Gasteiger partial charge in [-0.3, -0.25) is 0 Å². The van der Waals surface area contributed by atoms with Crippen molar-refractivity contribution in [1.29, 1.82) is 0 Å². The summed E-state index contributed by atoms with van der Waals surface area (Å²) in [7, 11) is -1.95. The van der Waals surface area contributed by atoms with Gasteiger partial charge >= 0.3 is 0 Å². The minimum absolute atomic E-state index is 0.0696. The van der Waals surface area contributed by atoms with Gasteiger partial charge in [-0.25, -0.2) is 8.42 Å². The molecule has 0 spiro atoms. The molecule has 1 aliphatic heterocycles. The summed E-state index contributed by atoms with van der Waals surface area (Å²) in [6.45, 7) is 4.28. The molecule has 1 aliphatic rings. The number of sulfonamides is 1. The number of methoxy groups -OCH3 is 1. The fourth-order valence-corrected chi connectivity index (χ4v) is 5.55. The van der Waals surface area contributed by atoms with Crippen molar-refractivity contribution in [2.24, 2.45) is 0 Å². The predicted octanol–water partition coefficient (Wildman–Crippen LogP) is 2.61. The zero-order chi connectivity index (χ0) is 16.2. The van der Waals surface area contributed by atoms with E-state index in [4.69, 9.17) is 4.74 Å². The minimum Gasteiger partial charge on any atom is -0.497 e. The quantitative estimate of drug-likeness (QED) is 0.810. The van der Waals surface area contributed by atoms with Crippen molar-refractivity contribution in [3.8, 4) is 5.75 Å². The van der Waals surface area contributed by atoms with Crippen molar-refractivity contribution in [1.82, 2.24) is 9.62 Å². The maximum Gasteiger partial charge on any atom is 0.244 e. The van der Waals surface area contributed by atoms with Crippen molar-refractivity contribution < 1.29 is 13.2 Å². The zero-order valence-corrected chi connectivity index (χ0v) is 15.4. The lowest BCUT2D eigenvalue weighted by Crippen LogP contribution is -2.46. The average molecular weight is 391 g/mol. The number of benzene rings is 1. The van der Waals surface area contributed by atoms with Gasteiger partial charge in [0.15, 0.2) is 0 Å². The Balaban J connectivity index is 2.36. The molecule has 22 heavy (non-hydrogen) atoms. The summed E-state index contributed by atoms with van der Waals surface area (Å²) in [5.74, 6) is 0.634. The largest absolute Gasteiger partial charge is 0.497 e. The Morgan fingerprint density at radius 3 is 2.59 bits per heavy atom. The van der Waals surface area contributed by atoms with Crippen molar-refractivity contribution in [3.05, 3.63) is 22.7 Å². The third kappa shape index (κ3) is 3.82. The zero-order valence-electron chi connectivity index (χ0n) is 13.0. The molecule has 0 atom stereocenters. The first-order valence-corrected chi connectivity index (χ1v) is 9.80. The highest BCUT2D eigenvalue weighted by atomic mass is 79.9. The minimum atomic E-state index is -3.52.